The maximum Gasteiger partial charge on any atom is 0.250 e. The highest BCUT2D eigenvalue weighted by atomic mass is 32.1. The van der Waals surface area contributed by atoms with Crippen LogP contribution in [-0.4, -0.2) is 30.9 Å². The molecule has 1 amide bonds. The third kappa shape index (κ3) is 3.89. The normalized spacial score (nSPS) is 11.3. The number of anilines is 1. The quantitative estimate of drug-likeness (QED) is 0.404. The van der Waals surface area contributed by atoms with Crippen molar-refractivity contribution in [2.24, 2.45) is 0 Å². The summed E-state index contributed by atoms with van der Waals surface area (Å²) in [6.45, 7) is 2.54. The summed E-state index contributed by atoms with van der Waals surface area (Å²) in [6.07, 6.45) is 2.69. The molecule has 0 saturated heterocycles. The van der Waals surface area contributed by atoms with Crippen LogP contribution >= 0.6 is 11.3 Å². The van der Waals surface area contributed by atoms with Crippen LogP contribution in [0.3, 0.4) is 0 Å². The molecule has 3 aromatic heterocycles. The Morgan fingerprint density at radius 2 is 1.94 bits per heavy atom. The largest absolute Gasteiger partial charge is 0.280 e. The van der Waals surface area contributed by atoms with E-state index < -0.39 is 0 Å². The Hall–Kier alpha value is -3.65. The Morgan fingerprint density at radius 3 is 2.77 bits per heavy atom. The fourth-order valence-corrected chi connectivity index (χ4v) is 4.50. The van der Waals surface area contributed by atoms with Crippen LogP contribution in [0.2, 0.25) is 0 Å². The molecule has 0 saturated carbocycles. The van der Waals surface area contributed by atoms with Crippen molar-refractivity contribution in [3.63, 3.8) is 0 Å². The second-order valence-corrected chi connectivity index (χ2v) is 8.20. The summed E-state index contributed by atoms with van der Waals surface area (Å²) < 4.78 is 2.70. The number of aryl methyl sites for hydroxylation is 1. The number of fused-ring (bicyclic) bond motifs is 2. The topological polar surface area (TPSA) is 76.8 Å². The van der Waals surface area contributed by atoms with Gasteiger partial charge in [0.25, 0.3) is 5.91 Å². The van der Waals surface area contributed by atoms with Crippen LogP contribution in [0.15, 0.2) is 66.9 Å². The minimum Gasteiger partial charge on any atom is -0.280 e. The molecule has 0 radical (unpaired) electrons. The van der Waals surface area contributed by atoms with Crippen LogP contribution in [0.1, 0.15) is 18.2 Å². The fraction of sp³-hybridized carbons (Fsp3) is 0.174. The first-order valence-corrected chi connectivity index (χ1v) is 10.9. The zero-order valence-corrected chi connectivity index (χ0v) is 17.8. The predicted molar refractivity (Wildman–Crippen MR) is 122 cm³/mol. The molecule has 0 atom stereocenters. The van der Waals surface area contributed by atoms with Crippen molar-refractivity contribution < 1.29 is 4.79 Å². The van der Waals surface area contributed by atoms with Crippen molar-refractivity contribution in [3.8, 4) is 0 Å². The van der Waals surface area contributed by atoms with Crippen LogP contribution in [0.25, 0.3) is 21.3 Å². The molecule has 7 nitrogen and oxygen atoms in total. The van der Waals surface area contributed by atoms with Crippen LogP contribution in [0.4, 0.5) is 5.13 Å². The molecule has 8 heteroatoms. The lowest BCUT2D eigenvalue weighted by molar-refractivity contribution is -0.119. The number of aromatic nitrogens is 5. The van der Waals surface area contributed by atoms with Gasteiger partial charge in [-0.2, -0.15) is 0 Å². The SMILES string of the molecule is CCc1ccc2nc(N(Cc3ccccn3)C(=O)Cn3nnc4ccccc43)sc2c1. The van der Waals surface area contributed by atoms with E-state index in [1.807, 2.05) is 48.5 Å². The smallest absolute Gasteiger partial charge is 0.250 e. The van der Waals surface area contributed by atoms with Gasteiger partial charge in [0, 0.05) is 6.20 Å². The van der Waals surface area contributed by atoms with Gasteiger partial charge in [-0.25, -0.2) is 9.67 Å². The number of amides is 1. The van der Waals surface area contributed by atoms with Gasteiger partial charge >= 0.3 is 0 Å². The van der Waals surface area contributed by atoms with E-state index in [-0.39, 0.29) is 12.5 Å². The monoisotopic (exact) mass is 428 g/mol. The van der Waals surface area contributed by atoms with Gasteiger partial charge in [-0.15, -0.1) is 5.10 Å². The molecule has 0 N–H and O–H groups in total. The summed E-state index contributed by atoms with van der Waals surface area (Å²) in [7, 11) is 0. The average Bonchev–Trinajstić information content (AvgIpc) is 3.41. The molecular formula is C23H20N6OS. The number of rotatable bonds is 6. The lowest BCUT2D eigenvalue weighted by Gasteiger charge is -2.19. The first-order chi connectivity index (χ1) is 15.2. The van der Waals surface area contributed by atoms with Gasteiger partial charge in [0.15, 0.2) is 5.13 Å². The second-order valence-electron chi connectivity index (χ2n) is 7.19. The fourth-order valence-electron chi connectivity index (χ4n) is 3.46. The molecule has 3 heterocycles. The third-order valence-electron chi connectivity index (χ3n) is 5.13. The van der Waals surface area contributed by atoms with Crippen molar-refractivity contribution >= 4 is 43.6 Å². The highest BCUT2D eigenvalue weighted by Gasteiger charge is 2.22. The minimum atomic E-state index is -0.115. The number of hydrogen-bond acceptors (Lipinski definition) is 6. The standard InChI is InChI=1S/C23H20N6OS/c1-2-16-10-11-19-21(13-16)31-23(25-19)28(14-17-7-5-6-12-24-17)22(30)15-29-20-9-4-3-8-18(20)26-27-29/h3-13H,2,14-15H2,1H3. The Labute approximate surface area is 183 Å². The summed E-state index contributed by atoms with van der Waals surface area (Å²) in [5.74, 6) is -0.115. The highest BCUT2D eigenvalue weighted by Crippen LogP contribution is 2.31. The van der Waals surface area contributed by atoms with Crippen molar-refractivity contribution in [1.82, 2.24) is 25.0 Å². The number of nitrogens with zero attached hydrogens (tertiary/aromatic N) is 6. The van der Waals surface area contributed by atoms with Crippen LogP contribution in [0.5, 0.6) is 0 Å². The van der Waals surface area contributed by atoms with Crippen molar-refractivity contribution in [2.75, 3.05) is 4.90 Å². The van der Waals surface area contributed by atoms with Crippen LogP contribution in [0, 0.1) is 0 Å². The molecule has 5 aromatic rings. The first kappa shape index (κ1) is 19.3. The molecule has 2 aromatic carbocycles. The number of benzene rings is 2. The van der Waals surface area contributed by atoms with E-state index in [0.29, 0.717) is 11.7 Å². The van der Waals surface area contributed by atoms with E-state index in [0.717, 1.165) is 33.4 Å². The Morgan fingerprint density at radius 1 is 1.06 bits per heavy atom. The van der Waals surface area contributed by atoms with E-state index in [1.165, 1.54) is 16.9 Å². The molecule has 0 bridgehead atoms. The number of carbonyl (C=O) groups excluding carboxylic acids is 1. The maximum atomic E-state index is 13.4. The Kier molecular flexibility index (Phi) is 5.13. The molecule has 0 aliphatic rings. The summed E-state index contributed by atoms with van der Waals surface area (Å²) >= 11 is 1.52. The highest BCUT2D eigenvalue weighted by molar-refractivity contribution is 7.22. The summed E-state index contributed by atoms with van der Waals surface area (Å²) in [4.78, 5) is 24.3. The van der Waals surface area contributed by atoms with E-state index in [9.17, 15) is 4.79 Å². The lowest BCUT2D eigenvalue weighted by atomic mass is 10.2. The van der Waals surface area contributed by atoms with Gasteiger partial charge < -0.3 is 0 Å². The van der Waals surface area contributed by atoms with Gasteiger partial charge in [0.05, 0.1) is 28.0 Å². The first-order valence-electron chi connectivity index (χ1n) is 10.1. The van der Waals surface area contributed by atoms with Crippen molar-refractivity contribution in [2.45, 2.75) is 26.4 Å². The lowest BCUT2D eigenvalue weighted by Crippen LogP contribution is -2.34. The molecule has 154 valence electrons. The number of para-hydroxylation sites is 1. The van der Waals surface area contributed by atoms with E-state index in [4.69, 9.17) is 4.98 Å². The minimum absolute atomic E-state index is 0.0729. The molecule has 0 aliphatic carbocycles. The Bertz CT molecular complexity index is 1360. The summed E-state index contributed by atoms with van der Waals surface area (Å²) in [6, 6.07) is 19.5. The van der Waals surface area contributed by atoms with E-state index in [1.54, 1.807) is 15.8 Å². The number of carbonyl (C=O) groups is 1. The molecule has 31 heavy (non-hydrogen) atoms. The third-order valence-corrected chi connectivity index (χ3v) is 6.17. The van der Waals surface area contributed by atoms with Gasteiger partial charge in [-0.05, 0) is 48.4 Å². The number of hydrogen-bond donors (Lipinski definition) is 0. The molecule has 0 unspecified atom stereocenters. The zero-order chi connectivity index (χ0) is 21.2. The van der Waals surface area contributed by atoms with Gasteiger partial charge in [-0.1, -0.05) is 47.7 Å². The van der Waals surface area contributed by atoms with Gasteiger partial charge in [0.2, 0.25) is 0 Å². The van der Waals surface area contributed by atoms with E-state index >= 15 is 0 Å². The van der Waals surface area contributed by atoms with Crippen molar-refractivity contribution in [1.29, 1.82) is 0 Å². The predicted octanol–water partition coefficient (Wildman–Crippen LogP) is 4.23. The molecule has 5 rings (SSSR count). The van der Waals surface area contributed by atoms with Gasteiger partial charge in [0.1, 0.15) is 12.1 Å². The number of thiazole rings is 1. The second kappa shape index (κ2) is 8.23. The van der Waals surface area contributed by atoms with Gasteiger partial charge in [-0.3, -0.25) is 14.7 Å². The number of pyridine rings is 1. The average molecular weight is 429 g/mol. The van der Waals surface area contributed by atoms with Crippen LogP contribution in [-0.2, 0) is 24.3 Å². The summed E-state index contributed by atoms with van der Waals surface area (Å²) in [5, 5.41) is 8.98. The summed E-state index contributed by atoms with van der Waals surface area (Å²) in [5.41, 5.74) is 4.53. The zero-order valence-electron chi connectivity index (χ0n) is 17.0. The van der Waals surface area contributed by atoms with Crippen LogP contribution < -0.4 is 4.90 Å². The maximum absolute atomic E-state index is 13.4. The molecule has 0 aliphatic heterocycles. The molecule has 0 spiro atoms. The molecule has 0 fully saturated rings. The Balaban J connectivity index is 1.51. The van der Waals surface area contributed by atoms with Crippen molar-refractivity contribution in [3.05, 3.63) is 78.1 Å². The van der Waals surface area contributed by atoms with E-state index in [2.05, 4.69) is 34.4 Å². The molecular weight excluding hydrogens is 408 g/mol.